The van der Waals surface area contributed by atoms with E-state index in [9.17, 15) is 14.4 Å². The van der Waals surface area contributed by atoms with Crippen molar-refractivity contribution in [2.75, 3.05) is 0 Å². The van der Waals surface area contributed by atoms with Crippen molar-refractivity contribution in [3.05, 3.63) is 0 Å². The van der Waals surface area contributed by atoms with E-state index in [0.717, 1.165) is 0 Å². The standard InChI is InChI=1S/C7H10O8/c8-3(9)1-2(4(10)6(12)13)5(11)7(14)15/h2,4-5,10-11H,1H2,(H,8,9)(H,12,13)(H,14,15). The van der Waals surface area contributed by atoms with Crippen molar-refractivity contribution in [1.29, 1.82) is 0 Å². The molecule has 2 atom stereocenters. The van der Waals surface area contributed by atoms with Crippen LogP contribution in [-0.2, 0) is 14.4 Å². The summed E-state index contributed by atoms with van der Waals surface area (Å²) in [5, 5.41) is 43.0. The monoisotopic (exact) mass is 222 g/mol. The number of aliphatic carboxylic acids is 3. The van der Waals surface area contributed by atoms with E-state index in [1.807, 2.05) is 0 Å². The van der Waals surface area contributed by atoms with E-state index in [1.165, 1.54) is 0 Å². The number of carbonyl (C=O) groups is 3. The summed E-state index contributed by atoms with van der Waals surface area (Å²) in [6.07, 6.45) is -5.44. The molecule has 0 radical (unpaired) electrons. The van der Waals surface area contributed by atoms with Crippen molar-refractivity contribution in [3.63, 3.8) is 0 Å². The van der Waals surface area contributed by atoms with Gasteiger partial charge in [0.15, 0.2) is 12.2 Å². The summed E-state index contributed by atoms with van der Waals surface area (Å²) in [5.74, 6) is -6.89. The summed E-state index contributed by atoms with van der Waals surface area (Å²) in [7, 11) is 0. The Morgan fingerprint density at radius 3 is 1.40 bits per heavy atom. The molecular weight excluding hydrogens is 212 g/mol. The lowest BCUT2D eigenvalue weighted by atomic mass is 9.92. The van der Waals surface area contributed by atoms with Crippen LogP contribution in [0.1, 0.15) is 6.42 Å². The van der Waals surface area contributed by atoms with Crippen LogP contribution in [0.4, 0.5) is 0 Å². The Kier molecular flexibility index (Phi) is 4.68. The fourth-order valence-electron chi connectivity index (χ4n) is 0.964. The Morgan fingerprint density at radius 1 is 0.867 bits per heavy atom. The molecule has 0 aromatic rings. The second-order valence-corrected chi connectivity index (χ2v) is 2.83. The third kappa shape index (κ3) is 3.92. The van der Waals surface area contributed by atoms with Gasteiger partial charge in [0.05, 0.1) is 6.42 Å². The molecule has 0 spiro atoms. The smallest absolute Gasteiger partial charge is 0.332 e. The average Bonchev–Trinajstić information content (AvgIpc) is 2.11. The van der Waals surface area contributed by atoms with Gasteiger partial charge in [-0.25, -0.2) is 9.59 Å². The lowest BCUT2D eigenvalue weighted by Gasteiger charge is -2.20. The highest BCUT2D eigenvalue weighted by molar-refractivity contribution is 5.79. The maximum absolute atomic E-state index is 10.3. The average molecular weight is 222 g/mol. The lowest BCUT2D eigenvalue weighted by molar-refractivity contribution is -0.162. The summed E-state index contributed by atoms with van der Waals surface area (Å²) in [6.45, 7) is 0. The summed E-state index contributed by atoms with van der Waals surface area (Å²) in [5.41, 5.74) is 0. The molecule has 0 saturated heterocycles. The molecule has 0 fully saturated rings. The Bertz CT molecular complexity index is 252. The Morgan fingerprint density at radius 2 is 1.20 bits per heavy atom. The minimum Gasteiger partial charge on any atom is -0.481 e. The molecule has 0 bridgehead atoms. The fourth-order valence-corrected chi connectivity index (χ4v) is 0.964. The number of rotatable bonds is 6. The van der Waals surface area contributed by atoms with Gasteiger partial charge in [0, 0.05) is 5.92 Å². The van der Waals surface area contributed by atoms with Gasteiger partial charge in [-0.2, -0.15) is 0 Å². The third-order valence-corrected chi connectivity index (χ3v) is 1.73. The van der Waals surface area contributed by atoms with Gasteiger partial charge in [0.25, 0.3) is 0 Å². The summed E-state index contributed by atoms with van der Waals surface area (Å²) >= 11 is 0. The SMILES string of the molecule is O=C(O)CC(C(O)C(=O)O)C(O)C(=O)O. The molecule has 0 aromatic heterocycles. The molecule has 0 amide bonds. The summed E-state index contributed by atoms with van der Waals surface area (Å²) in [4.78, 5) is 30.9. The number of aliphatic hydroxyl groups excluding tert-OH is 2. The molecule has 15 heavy (non-hydrogen) atoms. The molecule has 8 heteroatoms. The van der Waals surface area contributed by atoms with Crippen LogP contribution in [0.3, 0.4) is 0 Å². The molecule has 0 aliphatic heterocycles. The lowest BCUT2D eigenvalue weighted by Crippen LogP contribution is -2.42. The second-order valence-electron chi connectivity index (χ2n) is 2.83. The van der Waals surface area contributed by atoms with Crippen LogP contribution < -0.4 is 0 Å². The van der Waals surface area contributed by atoms with Gasteiger partial charge >= 0.3 is 17.9 Å². The van der Waals surface area contributed by atoms with Gasteiger partial charge < -0.3 is 25.5 Å². The van der Waals surface area contributed by atoms with Gasteiger partial charge in [0.1, 0.15) is 0 Å². The normalized spacial score (nSPS) is 16.4. The first kappa shape index (κ1) is 13.3. The van der Waals surface area contributed by atoms with E-state index in [-0.39, 0.29) is 0 Å². The third-order valence-electron chi connectivity index (χ3n) is 1.73. The minimum absolute atomic E-state index is 0.957. The zero-order valence-electron chi connectivity index (χ0n) is 7.40. The maximum atomic E-state index is 10.3. The van der Waals surface area contributed by atoms with Gasteiger partial charge in [-0.05, 0) is 0 Å². The van der Waals surface area contributed by atoms with Gasteiger partial charge in [-0.3, -0.25) is 4.79 Å². The van der Waals surface area contributed by atoms with Crippen molar-refractivity contribution >= 4 is 17.9 Å². The largest absolute Gasteiger partial charge is 0.481 e. The molecule has 0 saturated carbocycles. The predicted molar refractivity (Wildman–Crippen MR) is 43.0 cm³/mol. The molecule has 5 N–H and O–H groups in total. The topological polar surface area (TPSA) is 152 Å². The molecule has 2 unspecified atom stereocenters. The number of hydrogen-bond donors (Lipinski definition) is 5. The molecule has 8 nitrogen and oxygen atoms in total. The van der Waals surface area contributed by atoms with Crippen molar-refractivity contribution < 1.29 is 39.9 Å². The Labute approximate surface area is 83.4 Å². The fraction of sp³-hybridized carbons (Fsp3) is 0.571. The Hall–Kier alpha value is -1.67. The van der Waals surface area contributed by atoms with Crippen molar-refractivity contribution in [1.82, 2.24) is 0 Å². The quantitative estimate of drug-likeness (QED) is 0.345. The van der Waals surface area contributed by atoms with E-state index < -0.39 is 42.5 Å². The second kappa shape index (κ2) is 5.27. The highest BCUT2D eigenvalue weighted by Gasteiger charge is 2.37. The van der Waals surface area contributed by atoms with Crippen molar-refractivity contribution in [2.45, 2.75) is 18.6 Å². The van der Waals surface area contributed by atoms with E-state index in [2.05, 4.69) is 0 Å². The molecule has 0 aliphatic carbocycles. The van der Waals surface area contributed by atoms with Crippen LogP contribution in [-0.4, -0.2) is 55.6 Å². The highest BCUT2D eigenvalue weighted by atomic mass is 16.4. The zero-order valence-corrected chi connectivity index (χ0v) is 7.40. The first-order valence-electron chi connectivity index (χ1n) is 3.81. The first-order valence-corrected chi connectivity index (χ1v) is 3.81. The van der Waals surface area contributed by atoms with Gasteiger partial charge in [0.2, 0.25) is 0 Å². The Balaban J connectivity index is 4.79. The zero-order chi connectivity index (χ0) is 12.2. The number of carboxylic acid groups (broad SMARTS) is 3. The summed E-state index contributed by atoms with van der Waals surface area (Å²) in [6, 6.07) is 0. The van der Waals surface area contributed by atoms with Crippen LogP contribution in [0.15, 0.2) is 0 Å². The molecule has 0 heterocycles. The van der Waals surface area contributed by atoms with Crippen LogP contribution in [0.25, 0.3) is 0 Å². The molecular formula is C7H10O8. The van der Waals surface area contributed by atoms with Crippen molar-refractivity contribution in [2.24, 2.45) is 5.92 Å². The molecule has 0 aliphatic rings. The van der Waals surface area contributed by atoms with Gasteiger partial charge in [-0.15, -0.1) is 0 Å². The molecule has 0 aromatic carbocycles. The van der Waals surface area contributed by atoms with E-state index in [4.69, 9.17) is 25.5 Å². The summed E-state index contributed by atoms with van der Waals surface area (Å²) < 4.78 is 0. The van der Waals surface area contributed by atoms with Gasteiger partial charge in [-0.1, -0.05) is 0 Å². The van der Waals surface area contributed by atoms with E-state index >= 15 is 0 Å². The minimum atomic E-state index is -2.24. The van der Waals surface area contributed by atoms with Crippen molar-refractivity contribution in [3.8, 4) is 0 Å². The van der Waals surface area contributed by atoms with E-state index in [1.54, 1.807) is 0 Å². The highest BCUT2D eigenvalue weighted by Crippen LogP contribution is 2.15. The number of aliphatic hydroxyl groups is 2. The van der Waals surface area contributed by atoms with Crippen LogP contribution in [0.5, 0.6) is 0 Å². The maximum Gasteiger partial charge on any atom is 0.332 e. The van der Waals surface area contributed by atoms with E-state index in [0.29, 0.717) is 0 Å². The number of hydrogen-bond acceptors (Lipinski definition) is 5. The molecule has 0 rings (SSSR count). The van der Waals surface area contributed by atoms with Crippen LogP contribution in [0, 0.1) is 5.92 Å². The first-order chi connectivity index (χ1) is 6.77. The predicted octanol–water partition coefficient (Wildman–Crippen LogP) is -2.03. The van der Waals surface area contributed by atoms with Crippen LogP contribution >= 0.6 is 0 Å². The van der Waals surface area contributed by atoms with Crippen LogP contribution in [0.2, 0.25) is 0 Å². The molecule has 86 valence electrons. The number of carboxylic acids is 3.